The van der Waals surface area contributed by atoms with E-state index in [-0.39, 0.29) is 17.9 Å². The minimum absolute atomic E-state index is 0.00961. The summed E-state index contributed by atoms with van der Waals surface area (Å²) in [6.45, 7) is 8.24. The molecule has 1 aromatic rings. The van der Waals surface area contributed by atoms with E-state index in [0.29, 0.717) is 24.5 Å². The third kappa shape index (κ3) is 6.44. The number of aliphatic hydroxyl groups is 1. The van der Waals surface area contributed by atoms with E-state index in [1.165, 1.54) is 16.7 Å². The fraction of sp³-hybridized carbons (Fsp3) is 0.630. The Morgan fingerprint density at radius 1 is 1.19 bits per heavy atom. The lowest BCUT2D eigenvalue weighted by molar-refractivity contribution is 0.0865. The van der Waals surface area contributed by atoms with Gasteiger partial charge in [0.05, 0.1) is 12.0 Å². The topological polar surface area (TPSA) is 55.5 Å². The van der Waals surface area contributed by atoms with Gasteiger partial charge in [-0.15, -0.1) is 11.6 Å². The molecule has 1 saturated carbocycles. The Morgan fingerprint density at radius 2 is 1.94 bits per heavy atom. The van der Waals surface area contributed by atoms with E-state index in [9.17, 15) is 5.11 Å². The van der Waals surface area contributed by atoms with Gasteiger partial charge in [-0.25, -0.2) is 0 Å². The molecule has 0 heterocycles. The highest BCUT2D eigenvalue weighted by Gasteiger charge is 2.47. The average molecular weight is 446 g/mol. The maximum Gasteiger partial charge on any atom is 0.0716 e. The van der Waals surface area contributed by atoms with Crippen LogP contribution < -0.4 is 5.73 Å². The summed E-state index contributed by atoms with van der Waals surface area (Å²) < 4.78 is 5.91. The molecule has 0 radical (unpaired) electrons. The van der Waals surface area contributed by atoms with Crippen molar-refractivity contribution in [1.29, 1.82) is 0 Å². The predicted molar refractivity (Wildman–Crippen MR) is 130 cm³/mol. The van der Waals surface area contributed by atoms with E-state index in [1.807, 2.05) is 18.2 Å². The van der Waals surface area contributed by atoms with Gasteiger partial charge in [-0.2, -0.15) is 0 Å². The van der Waals surface area contributed by atoms with Gasteiger partial charge in [0, 0.05) is 24.7 Å². The molecule has 1 fully saturated rings. The predicted octanol–water partition coefficient (Wildman–Crippen LogP) is 6.00. The van der Waals surface area contributed by atoms with Crippen molar-refractivity contribution >= 4 is 11.6 Å². The first-order valence-corrected chi connectivity index (χ1v) is 12.2. The van der Waals surface area contributed by atoms with Crippen molar-refractivity contribution < 1.29 is 9.84 Å². The summed E-state index contributed by atoms with van der Waals surface area (Å²) in [7, 11) is 0. The smallest absolute Gasteiger partial charge is 0.0716 e. The van der Waals surface area contributed by atoms with E-state index in [1.54, 1.807) is 0 Å². The molecule has 0 aliphatic heterocycles. The third-order valence-electron chi connectivity index (χ3n) is 7.16. The van der Waals surface area contributed by atoms with E-state index < -0.39 is 5.54 Å². The fourth-order valence-electron chi connectivity index (χ4n) is 5.10. The largest absolute Gasteiger partial charge is 0.396 e. The van der Waals surface area contributed by atoms with Crippen LogP contribution in [0.4, 0.5) is 0 Å². The maximum atomic E-state index is 10.2. The van der Waals surface area contributed by atoms with Crippen LogP contribution >= 0.6 is 11.6 Å². The summed E-state index contributed by atoms with van der Waals surface area (Å²) >= 11 is 6.79. The number of halogens is 1. The number of ether oxygens (including phenoxy) is 1. The van der Waals surface area contributed by atoms with Crippen molar-refractivity contribution in [3.8, 4) is 0 Å². The molecule has 2 aliphatic rings. The summed E-state index contributed by atoms with van der Waals surface area (Å²) in [4.78, 5) is 0. The summed E-state index contributed by atoms with van der Waals surface area (Å²) in [5, 5.41) is 10.2. The van der Waals surface area contributed by atoms with Gasteiger partial charge in [0.25, 0.3) is 0 Å². The molecule has 0 bridgehead atoms. The van der Waals surface area contributed by atoms with Crippen molar-refractivity contribution in [2.24, 2.45) is 23.0 Å². The molecule has 0 amide bonds. The number of nitrogens with two attached hydrogens (primary N) is 1. The van der Waals surface area contributed by atoms with Gasteiger partial charge in [0.1, 0.15) is 0 Å². The van der Waals surface area contributed by atoms with Crippen LogP contribution in [-0.4, -0.2) is 29.2 Å². The first-order chi connectivity index (χ1) is 14.7. The fourth-order valence-corrected chi connectivity index (χ4v) is 5.44. The average Bonchev–Trinajstić information content (AvgIpc) is 3.07. The van der Waals surface area contributed by atoms with Gasteiger partial charge < -0.3 is 15.6 Å². The number of benzene rings is 1. The molecule has 4 unspecified atom stereocenters. The number of hydrogen-bond donors (Lipinski definition) is 2. The molecule has 0 saturated heterocycles. The maximum absolute atomic E-state index is 10.2. The Hall–Kier alpha value is -1.13. The monoisotopic (exact) mass is 445 g/mol. The van der Waals surface area contributed by atoms with Gasteiger partial charge in [-0.3, -0.25) is 0 Å². The molecule has 1 aromatic carbocycles. The Labute approximate surface area is 193 Å². The second-order valence-electron chi connectivity index (χ2n) is 10.6. The van der Waals surface area contributed by atoms with Crippen LogP contribution in [0, 0.1) is 17.3 Å². The Kier molecular flexibility index (Phi) is 8.43. The van der Waals surface area contributed by atoms with E-state index in [0.717, 1.165) is 38.5 Å². The highest BCUT2D eigenvalue weighted by Crippen LogP contribution is 2.47. The number of aliphatic hydroxyl groups excluding tert-OH is 1. The van der Waals surface area contributed by atoms with Crippen molar-refractivity contribution in [3.63, 3.8) is 0 Å². The Morgan fingerprint density at radius 3 is 2.58 bits per heavy atom. The molecule has 3 N–H and O–H groups in total. The Balaban J connectivity index is 1.58. The van der Waals surface area contributed by atoms with Gasteiger partial charge in [-0.1, -0.05) is 68.8 Å². The van der Waals surface area contributed by atoms with Crippen LogP contribution in [0.25, 0.3) is 0 Å². The normalized spacial score (nSPS) is 29.0. The molecule has 4 heteroatoms. The van der Waals surface area contributed by atoms with E-state index >= 15 is 0 Å². The molecule has 4 atom stereocenters. The van der Waals surface area contributed by atoms with Gasteiger partial charge in [0.2, 0.25) is 0 Å². The van der Waals surface area contributed by atoms with Gasteiger partial charge in [-0.05, 0) is 61.0 Å². The molecular weight excluding hydrogens is 406 g/mol. The zero-order valence-electron chi connectivity index (χ0n) is 19.4. The number of allylic oxidation sites excluding steroid dienone is 3. The molecular formula is C27H40ClNO2. The summed E-state index contributed by atoms with van der Waals surface area (Å²) in [5.41, 5.74) is 10.5. The first kappa shape index (κ1) is 24.5. The number of alkyl halides is 1. The summed E-state index contributed by atoms with van der Waals surface area (Å²) in [6.07, 6.45) is 10.2. The second-order valence-corrected chi connectivity index (χ2v) is 11.1. The van der Waals surface area contributed by atoms with Gasteiger partial charge in [0.15, 0.2) is 0 Å². The minimum Gasteiger partial charge on any atom is -0.396 e. The Bertz CT molecular complexity index is 767. The van der Waals surface area contributed by atoms with Gasteiger partial charge >= 0.3 is 0 Å². The van der Waals surface area contributed by atoms with E-state index in [2.05, 4.69) is 45.1 Å². The molecule has 0 spiro atoms. The van der Waals surface area contributed by atoms with Crippen LogP contribution in [0.2, 0.25) is 0 Å². The lowest BCUT2D eigenvalue weighted by atomic mass is 9.74. The number of rotatable bonds is 9. The summed E-state index contributed by atoms with van der Waals surface area (Å²) in [5.74, 6) is 0.444. The molecule has 2 aliphatic carbocycles. The highest BCUT2D eigenvalue weighted by molar-refractivity contribution is 6.22. The zero-order chi connectivity index (χ0) is 22.5. The quantitative estimate of drug-likeness (QED) is 0.362. The SMILES string of the molecule is CC(C)(C)CCC1=CC=C(C2(N)CCC(CCOCc3ccccc3)C2CO)CC1Cl. The molecule has 0 aromatic heterocycles. The van der Waals surface area contributed by atoms with Crippen LogP contribution in [0.15, 0.2) is 53.6 Å². The standard InChI is InChI=1S/C27H40ClNO2/c1-26(2,3)14-11-22-9-10-23(17-25(22)28)27(29)15-12-21(24(27)18-30)13-16-31-19-20-7-5-4-6-8-20/h4-10,21,24-25,30H,11-19,29H2,1-3H3. The van der Waals surface area contributed by atoms with Crippen LogP contribution in [0.1, 0.15) is 64.9 Å². The number of hydrogen-bond acceptors (Lipinski definition) is 3. The lowest BCUT2D eigenvalue weighted by Gasteiger charge is -2.38. The molecule has 172 valence electrons. The van der Waals surface area contributed by atoms with Crippen molar-refractivity contribution in [3.05, 3.63) is 59.2 Å². The summed E-state index contributed by atoms with van der Waals surface area (Å²) in [6, 6.07) is 10.2. The van der Waals surface area contributed by atoms with E-state index in [4.69, 9.17) is 22.1 Å². The third-order valence-corrected chi connectivity index (χ3v) is 7.60. The molecule has 3 nitrogen and oxygen atoms in total. The van der Waals surface area contributed by atoms with Crippen LogP contribution in [-0.2, 0) is 11.3 Å². The second kappa shape index (κ2) is 10.7. The van der Waals surface area contributed by atoms with Crippen LogP contribution in [0.3, 0.4) is 0 Å². The molecule has 31 heavy (non-hydrogen) atoms. The first-order valence-electron chi connectivity index (χ1n) is 11.8. The zero-order valence-corrected chi connectivity index (χ0v) is 20.2. The minimum atomic E-state index is -0.460. The van der Waals surface area contributed by atoms with Crippen molar-refractivity contribution in [2.45, 2.75) is 76.8 Å². The van der Waals surface area contributed by atoms with Crippen molar-refractivity contribution in [1.82, 2.24) is 0 Å². The van der Waals surface area contributed by atoms with Crippen LogP contribution in [0.5, 0.6) is 0 Å². The van der Waals surface area contributed by atoms with Crippen molar-refractivity contribution in [2.75, 3.05) is 13.2 Å². The highest BCUT2D eigenvalue weighted by atomic mass is 35.5. The molecule has 3 rings (SSSR count). The lowest BCUT2D eigenvalue weighted by Crippen LogP contribution is -2.49.